The molecule has 1 aliphatic heterocycles. The Kier molecular flexibility index (Phi) is 3.31. The number of hydrogen-bond acceptors (Lipinski definition) is 2. The van der Waals surface area contributed by atoms with Gasteiger partial charge in [0.15, 0.2) is 5.78 Å². The van der Waals surface area contributed by atoms with Gasteiger partial charge in [0.2, 0.25) is 0 Å². The largest absolute Gasteiger partial charge is 0.490 e. The molecule has 0 radical (unpaired) electrons. The number of Topliss-reactive ketones (excluding diaryl/α,β-unsaturated/α-hetero) is 1. The maximum atomic E-state index is 11.8. The van der Waals surface area contributed by atoms with Crippen molar-refractivity contribution in [3.63, 3.8) is 0 Å². The zero-order valence-corrected chi connectivity index (χ0v) is 11.8. The molecule has 0 N–H and O–H groups in total. The second-order valence-electron chi connectivity index (χ2n) is 5.31. The van der Waals surface area contributed by atoms with Crippen LogP contribution in [-0.4, -0.2) is 11.9 Å². The Labute approximate surface area is 119 Å². The summed E-state index contributed by atoms with van der Waals surface area (Å²) in [6.45, 7) is 3.98. The molecule has 3 rings (SSSR count). The summed E-state index contributed by atoms with van der Waals surface area (Å²) in [7, 11) is 0. The van der Waals surface area contributed by atoms with Crippen LogP contribution in [0.2, 0.25) is 0 Å². The van der Waals surface area contributed by atoms with E-state index in [1.165, 1.54) is 5.56 Å². The molecule has 2 heteroatoms. The highest BCUT2D eigenvalue weighted by atomic mass is 16.5. The molecule has 1 unspecified atom stereocenters. The Balaban J connectivity index is 1.98. The Morgan fingerprint density at radius 3 is 2.80 bits per heavy atom. The monoisotopic (exact) mass is 266 g/mol. The van der Waals surface area contributed by atoms with Crippen molar-refractivity contribution in [3.8, 4) is 16.9 Å². The van der Waals surface area contributed by atoms with Gasteiger partial charge in [-0.1, -0.05) is 31.2 Å². The van der Waals surface area contributed by atoms with E-state index in [1.807, 2.05) is 37.3 Å². The summed E-state index contributed by atoms with van der Waals surface area (Å²) >= 11 is 0. The van der Waals surface area contributed by atoms with Gasteiger partial charge in [-0.15, -0.1) is 0 Å². The lowest BCUT2D eigenvalue weighted by Crippen LogP contribution is -2.05. The van der Waals surface area contributed by atoms with Crippen LogP contribution < -0.4 is 4.74 Å². The Hall–Kier alpha value is -2.09. The molecule has 0 saturated heterocycles. The van der Waals surface area contributed by atoms with Crippen molar-refractivity contribution >= 4 is 5.78 Å². The van der Waals surface area contributed by atoms with E-state index >= 15 is 0 Å². The molecule has 1 heterocycles. The Morgan fingerprint density at radius 2 is 2.00 bits per heavy atom. The summed E-state index contributed by atoms with van der Waals surface area (Å²) in [6.07, 6.45) is 1.75. The summed E-state index contributed by atoms with van der Waals surface area (Å²) < 4.78 is 5.72. The highest BCUT2D eigenvalue weighted by Crippen LogP contribution is 2.33. The normalized spacial score (nSPS) is 16.6. The second-order valence-corrected chi connectivity index (χ2v) is 5.31. The van der Waals surface area contributed by atoms with Gasteiger partial charge in [-0.05, 0) is 41.8 Å². The quantitative estimate of drug-likeness (QED) is 0.775. The fourth-order valence-corrected chi connectivity index (χ4v) is 2.68. The maximum absolute atomic E-state index is 11.8. The lowest BCUT2D eigenvalue weighted by molar-refractivity contribution is 0.0988. The molecule has 0 aliphatic carbocycles. The van der Waals surface area contributed by atoms with E-state index in [0.717, 1.165) is 28.9 Å². The van der Waals surface area contributed by atoms with Crippen LogP contribution in [0.3, 0.4) is 0 Å². The standard InChI is InChI=1S/C18H18O2/c1-3-17(19)15-6-4-5-13(10-15)14-7-8-18-16(11-14)9-12(2)20-18/h4-8,10-12H,3,9H2,1-2H3. The molecule has 2 aromatic rings. The van der Waals surface area contributed by atoms with Gasteiger partial charge in [-0.3, -0.25) is 4.79 Å². The number of fused-ring (bicyclic) bond motifs is 1. The number of carbonyl (C=O) groups is 1. The van der Waals surface area contributed by atoms with Gasteiger partial charge in [0.05, 0.1) is 0 Å². The van der Waals surface area contributed by atoms with Crippen LogP contribution in [0.15, 0.2) is 42.5 Å². The van der Waals surface area contributed by atoms with Gasteiger partial charge in [-0.25, -0.2) is 0 Å². The van der Waals surface area contributed by atoms with E-state index in [9.17, 15) is 4.79 Å². The first-order valence-electron chi connectivity index (χ1n) is 7.10. The number of ether oxygens (including phenoxy) is 1. The first-order chi connectivity index (χ1) is 9.67. The van der Waals surface area contributed by atoms with Crippen molar-refractivity contribution in [1.82, 2.24) is 0 Å². The van der Waals surface area contributed by atoms with Gasteiger partial charge >= 0.3 is 0 Å². The van der Waals surface area contributed by atoms with Gasteiger partial charge < -0.3 is 4.74 Å². The first-order valence-corrected chi connectivity index (χ1v) is 7.10. The van der Waals surface area contributed by atoms with Crippen LogP contribution in [0.5, 0.6) is 5.75 Å². The van der Waals surface area contributed by atoms with E-state index in [-0.39, 0.29) is 11.9 Å². The summed E-state index contributed by atoms with van der Waals surface area (Å²) in [6, 6.07) is 14.1. The predicted octanol–water partition coefficient (Wildman–Crippen LogP) is 4.27. The maximum Gasteiger partial charge on any atom is 0.162 e. The molecule has 0 saturated carbocycles. The third kappa shape index (κ3) is 2.34. The highest BCUT2D eigenvalue weighted by molar-refractivity contribution is 5.97. The van der Waals surface area contributed by atoms with Crippen LogP contribution in [0.25, 0.3) is 11.1 Å². The van der Waals surface area contributed by atoms with Crippen molar-refractivity contribution in [2.24, 2.45) is 0 Å². The van der Waals surface area contributed by atoms with Crippen molar-refractivity contribution < 1.29 is 9.53 Å². The molecular formula is C18H18O2. The number of hydrogen-bond donors (Lipinski definition) is 0. The fourth-order valence-electron chi connectivity index (χ4n) is 2.68. The minimum absolute atomic E-state index is 0.185. The summed E-state index contributed by atoms with van der Waals surface area (Å²) in [5.74, 6) is 1.17. The van der Waals surface area contributed by atoms with E-state index in [2.05, 4.69) is 19.1 Å². The van der Waals surface area contributed by atoms with Gasteiger partial charge in [0.25, 0.3) is 0 Å². The molecular weight excluding hydrogens is 248 g/mol. The Morgan fingerprint density at radius 1 is 1.20 bits per heavy atom. The SMILES string of the molecule is CCC(=O)c1cccc(-c2ccc3c(c2)CC(C)O3)c1. The van der Waals surface area contributed by atoms with E-state index in [1.54, 1.807) is 0 Å². The summed E-state index contributed by atoms with van der Waals surface area (Å²) in [5.41, 5.74) is 4.27. The minimum atomic E-state index is 0.185. The van der Waals surface area contributed by atoms with E-state index in [4.69, 9.17) is 4.74 Å². The molecule has 0 amide bonds. The van der Waals surface area contributed by atoms with Gasteiger partial charge in [-0.2, -0.15) is 0 Å². The molecule has 0 aromatic heterocycles. The topological polar surface area (TPSA) is 26.3 Å². The van der Waals surface area contributed by atoms with Crippen molar-refractivity contribution in [3.05, 3.63) is 53.6 Å². The molecule has 1 atom stereocenters. The van der Waals surface area contributed by atoms with Crippen LogP contribution in [0.4, 0.5) is 0 Å². The van der Waals surface area contributed by atoms with E-state index in [0.29, 0.717) is 6.42 Å². The number of ketones is 1. The second kappa shape index (κ2) is 5.12. The third-order valence-electron chi connectivity index (χ3n) is 3.74. The Bertz CT molecular complexity index is 658. The molecule has 2 nitrogen and oxygen atoms in total. The fraction of sp³-hybridized carbons (Fsp3) is 0.278. The number of rotatable bonds is 3. The molecule has 0 fully saturated rings. The van der Waals surface area contributed by atoms with Crippen LogP contribution >= 0.6 is 0 Å². The summed E-state index contributed by atoms with van der Waals surface area (Å²) in [4.78, 5) is 11.8. The lowest BCUT2D eigenvalue weighted by Gasteiger charge is -2.06. The van der Waals surface area contributed by atoms with Crippen molar-refractivity contribution in [1.29, 1.82) is 0 Å². The van der Waals surface area contributed by atoms with Crippen LogP contribution in [-0.2, 0) is 6.42 Å². The molecule has 0 bridgehead atoms. The van der Waals surface area contributed by atoms with Crippen molar-refractivity contribution in [2.75, 3.05) is 0 Å². The van der Waals surface area contributed by atoms with Crippen LogP contribution in [0, 0.1) is 0 Å². The summed E-state index contributed by atoms with van der Waals surface area (Å²) in [5, 5.41) is 0. The molecule has 20 heavy (non-hydrogen) atoms. The molecule has 2 aromatic carbocycles. The van der Waals surface area contributed by atoms with Crippen LogP contribution in [0.1, 0.15) is 36.2 Å². The van der Waals surface area contributed by atoms with Crippen molar-refractivity contribution in [2.45, 2.75) is 32.8 Å². The highest BCUT2D eigenvalue weighted by Gasteiger charge is 2.19. The lowest BCUT2D eigenvalue weighted by atomic mass is 9.98. The van der Waals surface area contributed by atoms with E-state index < -0.39 is 0 Å². The number of carbonyl (C=O) groups excluding carboxylic acids is 1. The third-order valence-corrected chi connectivity index (χ3v) is 3.74. The average Bonchev–Trinajstić information content (AvgIpc) is 2.85. The zero-order chi connectivity index (χ0) is 14.1. The average molecular weight is 266 g/mol. The predicted molar refractivity (Wildman–Crippen MR) is 80.3 cm³/mol. The van der Waals surface area contributed by atoms with Gasteiger partial charge in [0, 0.05) is 18.4 Å². The minimum Gasteiger partial charge on any atom is -0.490 e. The smallest absolute Gasteiger partial charge is 0.162 e. The molecule has 0 spiro atoms. The molecule has 1 aliphatic rings. The number of benzene rings is 2. The van der Waals surface area contributed by atoms with Gasteiger partial charge in [0.1, 0.15) is 11.9 Å². The molecule has 102 valence electrons. The first kappa shape index (κ1) is 12.9. The zero-order valence-electron chi connectivity index (χ0n) is 11.8.